The summed E-state index contributed by atoms with van der Waals surface area (Å²) in [4.78, 5) is 11.8. The number of azo groups is 1. The predicted octanol–water partition coefficient (Wildman–Crippen LogP) is 7.70. The van der Waals surface area contributed by atoms with Crippen molar-refractivity contribution in [3.8, 4) is 0 Å². The number of allylic oxidation sites excluding steroid dienone is 1. The first-order chi connectivity index (χ1) is 15.4. The third kappa shape index (κ3) is 4.54. The number of hydrogen-bond acceptors (Lipinski definition) is 4. The zero-order valence-corrected chi connectivity index (χ0v) is 19.1. The second-order valence-corrected chi connectivity index (χ2v) is 8.77. The van der Waals surface area contributed by atoms with Gasteiger partial charge in [-0.25, -0.2) is 4.79 Å². The number of benzene rings is 3. The van der Waals surface area contributed by atoms with Crippen LogP contribution in [0.2, 0.25) is 0 Å². The first kappa shape index (κ1) is 21.7. The first-order valence-electron chi connectivity index (χ1n) is 11.0. The van der Waals surface area contributed by atoms with Crippen LogP contribution in [0.15, 0.2) is 83.0 Å². The van der Waals surface area contributed by atoms with Gasteiger partial charge in [0.2, 0.25) is 0 Å². The minimum absolute atomic E-state index is 0.0716. The smallest absolute Gasteiger partial charge is 0.338 e. The Morgan fingerprint density at radius 2 is 1.59 bits per heavy atom. The highest BCUT2D eigenvalue weighted by atomic mass is 16.5. The molecular formula is C28H28N2O2. The van der Waals surface area contributed by atoms with Crippen molar-refractivity contribution < 1.29 is 9.53 Å². The summed E-state index contributed by atoms with van der Waals surface area (Å²) in [5, 5.41) is 8.84. The monoisotopic (exact) mass is 424 g/mol. The second-order valence-electron chi connectivity index (χ2n) is 8.77. The van der Waals surface area contributed by atoms with Crippen molar-refractivity contribution in [2.45, 2.75) is 39.5 Å². The van der Waals surface area contributed by atoms with Gasteiger partial charge in [-0.2, -0.15) is 10.2 Å². The lowest BCUT2D eigenvalue weighted by atomic mass is 9.72. The van der Waals surface area contributed by atoms with Crippen LogP contribution in [0.4, 0.5) is 11.4 Å². The van der Waals surface area contributed by atoms with E-state index in [2.05, 4.69) is 73.5 Å². The molecule has 162 valence electrons. The van der Waals surface area contributed by atoms with Crippen LogP contribution < -0.4 is 0 Å². The molecular weight excluding hydrogens is 396 g/mol. The Morgan fingerprint density at radius 3 is 2.28 bits per heavy atom. The number of ether oxygens (including phenoxy) is 1. The molecule has 3 aromatic rings. The van der Waals surface area contributed by atoms with Gasteiger partial charge < -0.3 is 4.74 Å². The minimum atomic E-state index is -0.330. The Kier molecular flexibility index (Phi) is 6.04. The van der Waals surface area contributed by atoms with Gasteiger partial charge in [0.15, 0.2) is 0 Å². The van der Waals surface area contributed by atoms with Gasteiger partial charge in [-0.15, -0.1) is 0 Å². The van der Waals surface area contributed by atoms with E-state index in [0.29, 0.717) is 17.9 Å². The molecule has 4 heteroatoms. The number of carbonyl (C=O) groups excluding carboxylic acids is 1. The number of hydrogen-bond donors (Lipinski definition) is 0. The van der Waals surface area contributed by atoms with E-state index in [4.69, 9.17) is 4.74 Å². The molecule has 0 heterocycles. The molecule has 0 radical (unpaired) electrons. The Labute approximate surface area is 189 Å². The van der Waals surface area contributed by atoms with E-state index in [1.807, 2.05) is 6.07 Å². The maximum atomic E-state index is 11.8. The van der Waals surface area contributed by atoms with Gasteiger partial charge in [-0.3, -0.25) is 0 Å². The summed E-state index contributed by atoms with van der Waals surface area (Å²) in [7, 11) is 0. The molecule has 0 spiro atoms. The van der Waals surface area contributed by atoms with Gasteiger partial charge in [-0.1, -0.05) is 55.8 Å². The molecule has 0 amide bonds. The number of fused-ring (bicyclic) bond motifs is 1. The molecule has 0 N–H and O–H groups in total. The summed E-state index contributed by atoms with van der Waals surface area (Å²) in [6, 6.07) is 22.0. The van der Waals surface area contributed by atoms with Gasteiger partial charge in [0.1, 0.15) is 0 Å². The largest absolute Gasteiger partial charge is 0.462 e. The lowest BCUT2D eigenvalue weighted by Gasteiger charge is -2.32. The van der Waals surface area contributed by atoms with Crippen molar-refractivity contribution in [2.75, 3.05) is 6.61 Å². The topological polar surface area (TPSA) is 51.0 Å². The van der Waals surface area contributed by atoms with Gasteiger partial charge in [0, 0.05) is 0 Å². The fourth-order valence-electron chi connectivity index (χ4n) is 3.99. The zero-order chi connectivity index (χ0) is 22.7. The summed E-state index contributed by atoms with van der Waals surface area (Å²) < 4.78 is 5.02. The van der Waals surface area contributed by atoms with Crippen molar-refractivity contribution in [2.24, 2.45) is 10.2 Å². The molecule has 1 aliphatic carbocycles. The van der Waals surface area contributed by atoms with Crippen LogP contribution in [-0.4, -0.2) is 12.6 Å². The van der Waals surface area contributed by atoms with Crippen molar-refractivity contribution >= 4 is 22.9 Å². The lowest BCUT2D eigenvalue weighted by Crippen LogP contribution is -2.21. The van der Waals surface area contributed by atoms with Gasteiger partial charge in [-0.05, 0) is 84.3 Å². The maximum absolute atomic E-state index is 11.8. The van der Waals surface area contributed by atoms with E-state index < -0.39 is 0 Å². The van der Waals surface area contributed by atoms with E-state index in [9.17, 15) is 4.79 Å². The number of rotatable bonds is 5. The summed E-state index contributed by atoms with van der Waals surface area (Å²) in [5.74, 6) is -0.330. The predicted molar refractivity (Wildman–Crippen MR) is 129 cm³/mol. The third-order valence-corrected chi connectivity index (χ3v) is 5.86. The molecule has 0 saturated carbocycles. The standard InChI is InChI=1S/C28H28N2O2/c1-5-32-27(31)21-10-12-22(13-11-21)29-30-23-14-15-26-25(18-23)24(16-17-28(26,3)4)20-8-6-19(2)7-9-20/h6-16,18H,5,17H2,1-4H3. The molecule has 4 rings (SSSR count). The van der Waals surface area contributed by atoms with Gasteiger partial charge in [0.05, 0.1) is 23.5 Å². The van der Waals surface area contributed by atoms with Crippen molar-refractivity contribution in [1.29, 1.82) is 0 Å². The lowest BCUT2D eigenvalue weighted by molar-refractivity contribution is 0.0526. The van der Waals surface area contributed by atoms with E-state index in [0.717, 1.165) is 12.1 Å². The van der Waals surface area contributed by atoms with E-state index >= 15 is 0 Å². The zero-order valence-electron chi connectivity index (χ0n) is 19.1. The molecule has 0 unspecified atom stereocenters. The molecule has 1 aliphatic rings. The van der Waals surface area contributed by atoms with Gasteiger partial charge >= 0.3 is 5.97 Å². The van der Waals surface area contributed by atoms with Crippen LogP contribution in [0, 0.1) is 6.92 Å². The number of esters is 1. The second kappa shape index (κ2) is 8.91. The first-order valence-corrected chi connectivity index (χ1v) is 11.0. The number of carbonyl (C=O) groups is 1. The van der Waals surface area contributed by atoms with Crippen molar-refractivity contribution in [1.82, 2.24) is 0 Å². The Balaban J connectivity index is 1.63. The normalized spacial score (nSPS) is 14.7. The summed E-state index contributed by atoms with van der Waals surface area (Å²) >= 11 is 0. The molecule has 0 aliphatic heterocycles. The van der Waals surface area contributed by atoms with Crippen LogP contribution >= 0.6 is 0 Å². The Morgan fingerprint density at radius 1 is 0.938 bits per heavy atom. The van der Waals surface area contributed by atoms with E-state index in [-0.39, 0.29) is 11.4 Å². The molecule has 0 saturated heterocycles. The van der Waals surface area contributed by atoms with Crippen LogP contribution in [0.25, 0.3) is 5.57 Å². The van der Waals surface area contributed by atoms with Gasteiger partial charge in [0.25, 0.3) is 0 Å². The molecule has 3 aromatic carbocycles. The Hall–Kier alpha value is -3.53. The molecule has 0 aromatic heterocycles. The molecule has 0 bridgehead atoms. The summed E-state index contributed by atoms with van der Waals surface area (Å²) in [5.41, 5.74) is 8.32. The van der Waals surface area contributed by atoms with Crippen molar-refractivity contribution in [3.63, 3.8) is 0 Å². The summed E-state index contributed by atoms with van der Waals surface area (Å²) in [6.07, 6.45) is 3.33. The third-order valence-electron chi connectivity index (χ3n) is 5.86. The minimum Gasteiger partial charge on any atom is -0.462 e. The van der Waals surface area contributed by atoms with Crippen molar-refractivity contribution in [3.05, 3.63) is 101 Å². The number of nitrogens with zero attached hydrogens (tertiary/aromatic N) is 2. The highest BCUT2D eigenvalue weighted by Gasteiger charge is 2.28. The highest BCUT2D eigenvalue weighted by molar-refractivity contribution is 5.89. The highest BCUT2D eigenvalue weighted by Crippen LogP contribution is 2.42. The SMILES string of the molecule is CCOC(=O)c1ccc(N=Nc2ccc3c(c2)C(c2ccc(C)cc2)=CCC3(C)C)cc1. The Bertz CT molecular complexity index is 1190. The molecule has 0 atom stereocenters. The van der Waals surface area contributed by atoms with Crippen LogP contribution in [-0.2, 0) is 10.2 Å². The average Bonchev–Trinajstić information content (AvgIpc) is 2.79. The van der Waals surface area contributed by atoms with E-state index in [1.54, 1.807) is 31.2 Å². The fourth-order valence-corrected chi connectivity index (χ4v) is 3.99. The maximum Gasteiger partial charge on any atom is 0.338 e. The van der Waals surface area contributed by atoms with Crippen LogP contribution in [0.1, 0.15) is 59.8 Å². The quantitative estimate of drug-likeness (QED) is 0.311. The average molecular weight is 425 g/mol. The molecule has 4 nitrogen and oxygen atoms in total. The van der Waals surface area contributed by atoms with E-state index in [1.165, 1.54) is 27.8 Å². The fraction of sp³-hybridized carbons (Fsp3) is 0.250. The summed E-state index contributed by atoms with van der Waals surface area (Å²) in [6.45, 7) is 8.81. The molecule has 32 heavy (non-hydrogen) atoms. The number of aryl methyl sites for hydroxylation is 1. The van der Waals surface area contributed by atoms with Crippen LogP contribution in [0.3, 0.4) is 0 Å². The van der Waals surface area contributed by atoms with Crippen LogP contribution in [0.5, 0.6) is 0 Å². The molecule has 0 fully saturated rings.